The molecule has 0 fully saturated rings. The van der Waals surface area contributed by atoms with Gasteiger partial charge in [-0.2, -0.15) is 4.98 Å². The second kappa shape index (κ2) is 5.95. The number of nitrogens with zero attached hydrogens (tertiary/aromatic N) is 2. The molecule has 3 N–H and O–H groups in total. The molecule has 1 heterocycles. The van der Waals surface area contributed by atoms with E-state index in [9.17, 15) is 0 Å². The van der Waals surface area contributed by atoms with Crippen LogP contribution in [0.4, 0.5) is 0 Å². The standard InChI is InChI=1S/C8H15N3O2.ClH/c1-5(7(9)4-12)3-8-10-6(2)13-11-8;/h5,7,12H,3-4,9H2,1-2H3;1H. The van der Waals surface area contributed by atoms with Gasteiger partial charge in [0.05, 0.1) is 6.61 Å². The van der Waals surface area contributed by atoms with E-state index in [-0.39, 0.29) is 31.0 Å². The van der Waals surface area contributed by atoms with Crippen molar-refractivity contribution >= 4 is 12.4 Å². The fourth-order valence-electron chi connectivity index (χ4n) is 1.04. The average Bonchev–Trinajstić information content (AvgIpc) is 2.49. The lowest BCUT2D eigenvalue weighted by atomic mass is 10.00. The van der Waals surface area contributed by atoms with Crippen molar-refractivity contribution in [3.63, 3.8) is 0 Å². The maximum Gasteiger partial charge on any atom is 0.223 e. The van der Waals surface area contributed by atoms with Crippen LogP contribution >= 0.6 is 12.4 Å². The first-order chi connectivity index (χ1) is 6.13. The van der Waals surface area contributed by atoms with Gasteiger partial charge in [-0.25, -0.2) is 0 Å². The summed E-state index contributed by atoms with van der Waals surface area (Å²) in [6.45, 7) is 3.68. The average molecular weight is 222 g/mol. The lowest BCUT2D eigenvalue weighted by Crippen LogP contribution is -2.33. The molecular formula is C8H16ClN3O2. The van der Waals surface area contributed by atoms with Gasteiger partial charge in [-0.15, -0.1) is 12.4 Å². The predicted octanol–water partition coefficient (Wildman–Crippen LogP) is 0.298. The second-order valence-corrected chi connectivity index (χ2v) is 3.26. The van der Waals surface area contributed by atoms with Crippen LogP contribution in [0.5, 0.6) is 0 Å². The zero-order valence-corrected chi connectivity index (χ0v) is 9.12. The first-order valence-corrected chi connectivity index (χ1v) is 4.29. The highest BCUT2D eigenvalue weighted by molar-refractivity contribution is 5.85. The number of rotatable bonds is 4. The zero-order valence-electron chi connectivity index (χ0n) is 8.30. The Bertz CT molecular complexity index is 267. The van der Waals surface area contributed by atoms with Crippen molar-refractivity contribution in [1.29, 1.82) is 0 Å². The van der Waals surface area contributed by atoms with E-state index in [0.717, 1.165) is 0 Å². The normalized spacial score (nSPS) is 14.6. The van der Waals surface area contributed by atoms with E-state index < -0.39 is 0 Å². The number of hydrogen-bond donors (Lipinski definition) is 2. The first kappa shape index (κ1) is 13.4. The SMILES string of the molecule is Cc1nc(CC(C)C(N)CO)no1.Cl. The van der Waals surface area contributed by atoms with Crippen LogP contribution in [-0.4, -0.2) is 27.9 Å². The van der Waals surface area contributed by atoms with Gasteiger partial charge in [-0.05, 0) is 5.92 Å². The number of halogens is 1. The van der Waals surface area contributed by atoms with Crippen LogP contribution in [0, 0.1) is 12.8 Å². The number of aliphatic hydroxyl groups is 1. The van der Waals surface area contributed by atoms with Crippen molar-refractivity contribution in [3.8, 4) is 0 Å². The summed E-state index contributed by atoms with van der Waals surface area (Å²) in [6, 6.07) is -0.223. The van der Waals surface area contributed by atoms with E-state index in [4.69, 9.17) is 15.4 Å². The smallest absolute Gasteiger partial charge is 0.223 e. The van der Waals surface area contributed by atoms with E-state index in [1.165, 1.54) is 0 Å². The van der Waals surface area contributed by atoms with Gasteiger partial charge in [0, 0.05) is 19.4 Å². The van der Waals surface area contributed by atoms with E-state index >= 15 is 0 Å². The van der Waals surface area contributed by atoms with Crippen molar-refractivity contribution in [2.75, 3.05) is 6.61 Å². The summed E-state index contributed by atoms with van der Waals surface area (Å²) in [5.74, 6) is 1.36. The fraction of sp³-hybridized carbons (Fsp3) is 0.750. The van der Waals surface area contributed by atoms with Gasteiger partial charge in [0.15, 0.2) is 5.82 Å². The molecule has 0 radical (unpaired) electrons. The lowest BCUT2D eigenvalue weighted by Gasteiger charge is -2.14. The monoisotopic (exact) mass is 221 g/mol. The minimum atomic E-state index is -0.223. The molecule has 1 aromatic heterocycles. The number of aryl methyl sites for hydroxylation is 1. The van der Waals surface area contributed by atoms with Gasteiger partial charge in [0.25, 0.3) is 0 Å². The van der Waals surface area contributed by atoms with Crippen LogP contribution in [0.15, 0.2) is 4.52 Å². The van der Waals surface area contributed by atoms with Crippen LogP contribution in [-0.2, 0) is 6.42 Å². The largest absolute Gasteiger partial charge is 0.395 e. The Hall–Kier alpha value is -0.650. The van der Waals surface area contributed by atoms with E-state index in [1.807, 2.05) is 6.92 Å². The molecule has 0 aliphatic carbocycles. The first-order valence-electron chi connectivity index (χ1n) is 4.29. The van der Waals surface area contributed by atoms with Crippen LogP contribution < -0.4 is 5.73 Å². The summed E-state index contributed by atoms with van der Waals surface area (Å²) in [6.07, 6.45) is 0.638. The van der Waals surface area contributed by atoms with Crippen molar-refractivity contribution in [3.05, 3.63) is 11.7 Å². The van der Waals surface area contributed by atoms with Crippen molar-refractivity contribution in [2.45, 2.75) is 26.3 Å². The van der Waals surface area contributed by atoms with Gasteiger partial charge >= 0.3 is 0 Å². The highest BCUT2D eigenvalue weighted by Gasteiger charge is 2.14. The molecule has 2 atom stereocenters. The molecule has 0 spiro atoms. The molecule has 0 bridgehead atoms. The fourth-order valence-corrected chi connectivity index (χ4v) is 1.04. The lowest BCUT2D eigenvalue weighted by molar-refractivity contribution is 0.230. The molecule has 82 valence electrons. The summed E-state index contributed by atoms with van der Waals surface area (Å²) >= 11 is 0. The Morgan fingerprint density at radius 3 is 2.64 bits per heavy atom. The van der Waals surface area contributed by atoms with E-state index in [1.54, 1.807) is 6.92 Å². The third-order valence-electron chi connectivity index (χ3n) is 2.02. The molecule has 1 aromatic rings. The van der Waals surface area contributed by atoms with Crippen LogP contribution in [0.2, 0.25) is 0 Å². The molecule has 2 unspecified atom stereocenters. The van der Waals surface area contributed by atoms with Gasteiger partial charge in [0.2, 0.25) is 5.89 Å². The molecule has 0 saturated heterocycles. The van der Waals surface area contributed by atoms with E-state index in [2.05, 4.69) is 10.1 Å². The van der Waals surface area contributed by atoms with Crippen LogP contribution in [0.1, 0.15) is 18.6 Å². The summed E-state index contributed by atoms with van der Waals surface area (Å²) in [4.78, 5) is 4.05. The van der Waals surface area contributed by atoms with Crippen molar-refractivity contribution < 1.29 is 9.63 Å². The van der Waals surface area contributed by atoms with Gasteiger partial charge < -0.3 is 15.4 Å². The van der Waals surface area contributed by atoms with Crippen molar-refractivity contribution in [2.24, 2.45) is 11.7 Å². The quantitative estimate of drug-likeness (QED) is 0.764. The van der Waals surface area contributed by atoms with E-state index in [0.29, 0.717) is 18.1 Å². The van der Waals surface area contributed by atoms with Gasteiger partial charge in [-0.3, -0.25) is 0 Å². The molecule has 0 aliphatic rings. The Labute approximate surface area is 89.1 Å². The Balaban J connectivity index is 0.00000169. The predicted molar refractivity (Wildman–Crippen MR) is 54.2 cm³/mol. The molecule has 0 saturated carbocycles. The summed E-state index contributed by atoms with van der Waals surface area (Å²) in [5.41, 5.74) is 5.63. The molecule has 6 heteroatoms. The van der Waals surface area contributed by atoms with Gasteiger partial charge in [0.1, 0.15) is 0 Å². The minimum absolute atomic E-state index is 0. The Morgan fingerprint density at radius 2 is 2.21 bits per heavy atom. The molecule has 1 rings (SSSR count). The summed E-state index contributed by atoms with van der Waals surface area (Å²) in [7, 11) is 0. The number of nitrogens with two attached hydrogens (primary N) is 1. The summed E-state index contributed by atoms with van der Waals surface area (Å²) in [5, 5.41) is 12.5. The van der Waals surface area contributed by atoms with Crippen LogP contribution in [0.3, 0.4) is 0 Å². The third kappa shape index (κ3) is 3.61. The molecule has 5 nitrogen and oxygen atoms in total. The topological polar surface area (TPSA) is 85.2 Å². The molecular weight excluding hydrogens is 206 g/mol. The zero-order chi connectivity index (χ0) is 9.84. The minimum Gasteiger partial charge on any atom is -0.395 e. The van der Waals surface area contributed by atoms with Gasteiger partial charge in [-0.1, -0.05) is 12.1 Å². The maximum absolute atomic E-state index is 8.80. The maximum atomic E-state index is 8.80. The second-order valence-electron chi connectivity index (χ2n) is 3.26. The number of hydrogen-bond acceptors (Lipinski definition) is 5. The van der Waals surface area contributed by atoms with Crippen LogP contribution in [0.25, 0.3) is 0 Å². The molecule has 14 heavy (non-hydrogen) atoms. The highest BCUT2D eigenvalue weighted by Crippen LogP contribution is 2.07. The van der Waals surface area contributed by atoms with Crippen molar-refractivity contribution in [1.82, 2.24) is 10.1 Å². The molecule has 0 amide bonds. The highest BCUT2D eigenvalue weighted by atomic mass is 35.5. The summed E-state index contributed by atoms with van der Waals surface area (Å²) < 4.78 is 4.81. The molecule has 0 aliphatic heterocycles. The Morgan fingerprint density at radius 1 is 1.57 bits per heavy atom. The number of aliphatic hydroxyl groups excluding tert-OH is 1. The Kier molecular flexibility index (Phi) is 5.68. The third-order valence-corrected chi connectivity index (χ3v) is 2.02. The molecule has 0 aromatic carbocycles. The number of aromatic nitrogens is 2.